The van der Waals surface area contributed by atoms with Gasteiger partial charge >= 0.3 is 0 Å². The molecule has 0 radical (unpaired) electrons. The van der Waals surface area contributed by atoms with Crippen molar-refractivity contribution in [2.75, 3.05) is 4.90 Å². The van der Waals surface area contributed by atoms with E-state index in [0.29, 0.717) is 0 Å². The molecule has 4 aromatic rings. The van der Waals surface area contributed by atoms with E-state index >= 15 is 0 Å². The van der Waals surface area contributed by atoms with Crippen LogP contribution in [0.3, 0.4) is 0 Å². The van der Waals surface area contributed by atoms with Crippen molar-refractivity contribution in [1.29, 1.82) is 0 Å². The van der Waals surface area contributed by atoms with Crippen LogP contribution in [0.15, 0.2) is 121 Å². The highest BCUT2D eigenvalue weighted by atomic mass is 15.1. The maximum atomic E-state index is 4.28. The van der Waals surface area contributed by atoms with E-state index in [9.17, 15) is 0 Å². The fourth-order valence-electron chi connectivity index (χ4n) is 7.45. The first-order valence-corrected chi connectivity index (χ1v) is 15.6. The van der Waals surface area contributed by atoms with Crippen molar-refractivity contribution in [3.63, 3.8) is 0 Å². The molecule has 0 fully saturated rings. The van der Waals surface area contributed by atoms with E-state index in [1.165, 1.54) is 55.9 Å². The lowest BCUT2D eigenvalue weighted by Gasteiger charge is -2.31. The number of allylic oxidation sites excluding steroid dienone is 7. The number of hydrogen-bond donors (Lipinski definition) is 0. The Morgan fingerprint density at radius 3 is 2.12 bits per heavy atom. The molecule has 0 aromatic heterocycles. The Labute approximate surface area is 258 Å². The second-order valence-electron chi connectivity index (χ2n) is 12.9. The van der Waals surface area contributed by atoms with Crippen molar-refractivity contribution in [1.82, 2.24) is 0 Å². The molecule has 0 N–H and O–H groups in total. The molecule has 216 valence electrons. The summed E-state index contributed by atoms with van der Waals surface area (Å²) in [5.74, 6) is 0. The fraction of sp³-hybridized carbons (Fsp3) is 0.238. The van der Waals surface area contributed by atoms with Crippen LogP contribution in [0.25, 0.3) is 22.3 Å². The van der Waals surface area contributed by atoms with Crippen LogP contribution in [-0.2, 0) is 10.8 Å². The number of hydrogen-bond acceptors (Lipinski definition) is 1. The molecule has 0 unspecified atom stereocenters. The maximum Gasteiger partial charge on any atom is 0.0543 e. The molecule has 6 rings (SSSR count). The van der Waals surface area contributed by atoms with E-state index in [4.69, 9.17) is 0 Å². The molecule has 0 heterocycles. The van der Waals surface area contributed by atoms with Crippen LogP contribution in [0, 0.1) is 0 Å². The van der Waals surface area contributed by atoms with Crippen LogP contribution in [0.2, 0.25) is 0 Å². The van der Waals surface area contributed by atoms with Gasteiger partial charge in [-0.05, 0) is 101 Å². The third-order valence-corrected chi connectivity index (χ3v) is 9.64. The van der Waals surface area contributed by atoms with Gasteiger partial charge in [0.1, 0.15) is 0 Å². The summed E-state index contributed by atoms with van der Waals surface area (Å²) in [6, 6.07) is 31.8. The summed E-state index contributed by atoms with van der Waals surface area (Å²) in [6.45, 7) is 20.2. The minimum Gasteiger partial charge on any atom is -0.310 e. The minimum atomic E-state index is -0.0732. The first-order chi connectivity index (χ1) is 20.6. The molecule has 0 spiro atoms. The Bertz CT molecular complexity index is 1820. The van der Waals surface area contributed by atoms with Crippen LogP contribution in [-0.4, -0.2) is 0 Å². The van der Waals surface area contributed by atoms with E-state index in [2.05, 4.69) is 156 Å². The predicted molar refractivity (Wildman–Crippen MR) is 188 cm³/mol. The van der Waals surface area contributed by atoms with Gasteiger partial charge in [0, 0.05) is 27.8 Å². The summed E-state index contributed by atoms with van der Waals surface area (Å²) < 4.78 is 0. The van der Waals surface area contributed by atoms with E-state index < -0.39 is 0 Å². The number of fused-ring (bicyclic) bond motifs is 4. The van der Waals surface area contributed by atoms with Gasteiger partial charge < -0.3 is 4.90 Å². The molecule has 1 heteroatoms. The smallest absolute Gasteiger partial charge is 0.0543 e. The summed E-state index contributed by atoms with van der Waals surface area (Å²) in [4.78, 5) is 2.47. The highest BCUT2D eigenvalue weighted by molar-refractivity contribution is 5.96. The standard InChI is InChI=1S/C42H43N/c1-9-15-28(4)29-21-23-30(24-22-29)43(31-25-26-33-32(11-3)35(16-10-2)42(7,8)38(33)27-31)39-20-14-19-37-40(39)34-17-12-13-18-36(34)41(37,5)6/h9-10,12-27H,4,11H2,1-3,5-8H3/b15-9-,16-10-. The van der Waals surface area contributed by atoms with Gasteiger partial charge in [-0.1, -0.05) is 120 Å². The average molecular weight is 562 g/mol. The Kier molecular flexibility index (Phi) is 7.17. The zero-order valence-electron chi connectivity index (χ0n) is 26.8. The SMILES string of the molecule is C=C(/C=C\C)c1ccc(N(c2ccc3c(c2)C(C)(C)C(/C=C\C)=C3CC)c2cccc3c2-c2ccccc2C3(C)C)cc1. The topological polar surface area (TPSA) is 3.24 Å². The van der Waals surface area contributed by atoms with Crippen LogP contribution in [0.1, 0.15) is 82.7 Å². The van der Waals surface area contributed by atoms with Crippen molar-refractivity contribution in [2.45, 2.75) is 65.7 Å². The summed E-state index contributed by atoms with van der Waals surface area (Å²) >= 11 is 0. The van der Waals surface area contributed by atoms with Gasteiger partial charge in [0.05, 0.1) is 5.69 Å². The van der Waals surface area contributed by atoms with Gasteiger partial charge in [0.15, 0.2) is 0 Å². The molecular weight excluding hydrogens is 518 g/mol. The van der Waals surface area contributed by atoms with Crippen molar-refractivity contribution in [2.24, 2.45) is 0 Å². The molecule has 0 bridgehead atoms. The Hall–Kier alpha value is -4.36. The first kappa shape index (κ1) is 28.7. The molecule has 0 amide bonds. The lowest BCUT2D eigenvalue weighted by atomic mass is 9.80. The van der Waals surface area contributed by atoms with Gasteiger partial charge in [-0.2, -0.15) is 0 Å². The van der Waals surface area contributed by atoms with Gasteiger partial charge in [-0.25, -0.2) is 0 Å². The van der Waals surface area contributed by atoms with E-state index in [1.54, 1.807) is 0 Å². The third-order valence-electron chi connectivity index (χ3n) is 9.64. The molecule has 0 saturated heterocycles. The predicted octanol–water partition coefficient (Wildman–Crippen LogP) is 12.1. The second kappa shape index (κ2) is 10.7. The summed E-state index contributed by atoms with van der Waals surface area (Å²) in [7, 11) is 0. The van der Waals surface area contributed by atoms with Crippen LogP contribution >= 0.6 is 0 Å². The first-order valence-electron chi connectivity index (χ1n) is 15.6. The normalized spacial score (nSPS) is 16.1. The Balaban J connectivity index is 1.59. The zero-order chi connectivity index (χ0) is 30.5. The molecule has 0 atom stereocenters. The number of anilines is 3. The van der Waals surface area contributed by atoms with Gasteiger partial charge in [0.25, 0.3) is 0 Å². The summed E-state index contributed by atoms with van der Waals surface area (Å²) in [5.41, 5.74) is 16.6. The van der Waals surface area contributed by atoms with E-state index in [0.717, 1.165) is 23.2 Å². The zero-order valence-corrected chi connectivity index (χ0v) is 26.8. The average Bonchev–Trinajstić information content (AvgIpc) is 3.37. The van der Waals surface area contributed by atoms with Crippen molar-refractivity contribution in [3.8, 4) is 11.1 Å². The quantitative estimate of drug-likeness (QED) is 0.203. The molecule has 0 aliphatic heterocycles. The third kappa shape index (κ3) is 4.45. The monoisotopic (exact) mass is 561 g/mol. The molecule has 4 aromatic carbocycles. The van der Waals surface area contributed by atoms with Crippen LogP contribution in [0.4, 0.5) is 17.1 Å². The van der Waals surface area contributed by atoms with Gasteiger partial charge in [-0.3, -0.25) is 0 Å². The van der Waals surface area contributed by atoms with Gasteiger partial charge in [0.2, 0.25) is 0 Å². The molecular formula is C42H43N. The van der Waals surface area contributed by atoms with Gasteiger partial charge in [-0.15, -0.1) is 0 Å². The second-order valence-corrected chi connectivity index (χ2v) is 12.9. The fourth-order valence-corrected chi connectivity index (χ4v) is 7.45. The molecule has 1 nitrogen and oxygen atoms in total. The molecule has 0 saturated carbocycles. The van der Waals surface area contributed by atoms with Crippen LogP contribution < -0.4 is 4.90 Å². The highest BCUT2D eigenvalue weighted by Crippen LogP contribution is 2.55. The van der Waals surface area contributed by atoms with Crippen molar-refractivity contribution < 1.29 is 0 Å². The highest BCUT2D eigenvalue weighted by Gasteiger charge is 2.39. The van der Waals surface area contributed by atoms with Crippen molar-refractivity contribution in [3.05, 3.63) is 149 Å². The Morgan fingerprint density at radius 1 is 0.721 bits per heavy atom. The maximum absolute atomic E-state index is 4.28. The minimum absolute atomic E-state index is 0.0665. The molecule has 43 heavy (non-hydrogen) atoms. The lowest BCUT2D eigenvalue weighted by Crippen LogP contribution is -2.18. The molecule has 2 aliphatic carbocycles. The number of nitrogens with zero attached hydrogens (tertiary/aromatic N) is 1. The van der Waals surface area contributed by atoms with E-state index in [1.807, 2.05) is 13.0 Å². The lowest BCUT2D eigenvalue weighted by molar-refractivity contribution is 0.653. The summed E-state index contributed by atoms with van der Waals surface area (Å²) in [6.07, 6.45) is 9.63. The van der Waals surface area contributed by atoms with E-state index in [-0.39, 0.29) is 10.8 Å². The molecule has 2 aliphatic rings. The Morgan fingerprint density at radius 2 is 1.42 bits per heavy atom. The summed E-state index contributed by atoms with van der Waals surface area (Å²) in [5, 5.41) is 0. The van der Waals surface area contributed by atoms with Crippen molar-refractivity contribution >= 4 is 28.2 Å². The number of benzene rings is 4. The number of rotatable bonds is 7. The largest absolute Gasteiger partial charge is 0.310 e. The van der Waals surface area contributed by atoms with Crippen LogP contribution in [0.5, 0.6) is 0 Å².